The smallest absolute Gasteiger partial charge is 0.164 e. The van der Waals surface area contributed by atoms with E-state index in [1.54, 1.807) is 0 Å². The summed E-state index contributed by atoms with van der Waals surface area (Å²) >= 11 is 0. The zero-order valence-corrected chi connectivity index (χ0v) is 33.8. The molecule has 3 heteroatoms. The van der Waals surface area contributed by atoms with Crippen molar-refractivity contribution in [2.24, 2.45) is 0 Å². The van der Waals surface area contributed by atoms with Gasteiger partial charge in [-0.15, -0.1) is 0 Å². The highest BCUT2D eigenvalue weighted by atomic mass is 15.0. The molecule has 0 amide bonds. The number of hydrogen-bond donors (Lipinski definition) is 0. The Morgan fingerprint density at radius 1 is 0.270 bits per heavy atom. The monoisotopic (exact) mass is 803 g/mol. The lowest BCUT2D eigenvalue weighted by atomic mass is 9.70. The van der Waals surface area contributed by atoms with Gasteiger partial charge in [0, 0.05) is 16.7 Å². The first-order chi connectivity index (χ1) is 30.7. The summed E-state index contributed by atoms with van der Waals surface area (Å²) < 4.78 is 0. The normalized spacial score (nSPS) is 13.0. The van der Waals surface area contributed by atoms with Crippen molar-refractivity contribution in [3.8, 4) is 89.8 Å². The molecule has 63 heavy (non-hydrogen) atoms. The van der Waals surface area contributed by atoms with Crippen LogP contribution >= 0.6 is 0 Å². The molecule has 0 saturated heterocycles. The van der Waals surface area contributed by atoms with Crippen LogP contribution in [0.5, 0.6) is 0 Å². The Bertz CT molecular complexity index is 3320. The van der Waals surface area contributed by atoms with Gasteiger partial charge in [0.2, 0.25) is 0 Å². The fourth-order valence-corrected chi connectivity index (χ4v) is 10.8. The molecule has 10 aromatic rings. The van der Waals surface area contributed by atoms with Crippen LogP contribution in [-0.2, 0) is 11.8 Å². The van der Waals surface area contributed by atoms with Crippen molar-refractivity contribution >= 4 is 0 Å². The Labute approximate surface area is 368 Å². The summed E-state index contributed by atoms with van der Waals surface area (Å²) in [6.45, 7) is 0. The van der Waals surface area contributed by atoms with E-state index in [2.05, 4.69) is 176 Å². The maximum atomic E-state index is 5.05. The molecule has 0 radical (unpaired) electrons. The molecule has 3 aliphatic rings. The first-order valence-electron chi connectivity index (χ1n) is 21.4. The summed E-state index contributed by atoms with van der Waals surface area (Å²) in [5, 5.41) is 0. The maximum Gasteiger partial charge on any atom is 0.164 e. The van der Waals surface area contributed by atoms with Gasteiger partial charge >= 0.3 is 0 Å². The predicted octanol–water partition coefficient (Wildman–Crippen LogP) is 14.8. The molecule has 0 N–H and O–H groups in total. The average molecular weight is 804 g/mol. The topological polar surface area (TPSA) is 38.7 Å². The molecule has 13 rings (SSSR count). The molecular weight excluding hydrogens is 763 g/mol. The molecule has 3 nitrogen and oxygen atoms in total. The predicted molar refractivity (Wildman–Crippen MR) is 258 cm³/mol. The van der Waals surface area contributed by atoms with Gasteiger partial charge in [-0.3, -0.25) is 0 Å². The third-order valence-electron chi connectivity index (χ3n) is 13.4. The number of rotatable bonds is 5. The van der Waals surface area contributed by atoms with Crippen molar-refractivity contribution < 1.29 is 0 Å². The molecule has 9 aromatic carbocycles. The second-order valence-electron chi connectivity index (χ2n) is 16.6. The number of aromatic nitrogens is 3. The minimum atomic E-state index is -0.378. The Morgan fingerprint density at radius 3 is 1.16 bits per heavy atom. The summed E-state index contributed by atoms with van der Waals surface area (Å²) in [7, 11) is 0. The van der Waals surface area contributed by atoms with Crippen LogP contribution in [0, 0.1) is 0 Å². The van der Waals surface area contributed by atoms with Crippen molar-refractivity contribution in [3.63, 3.8) is 0 Å². The summed E-state index contributed by atoms with van der Waals surface area (Å²) in [6.07, 6.45) is 0.845. The number of benzene rings is 9. The van der Waals surface area contributed by atoms with Gasteiger partial charge in [-0.2, -0.15) is 0 Å². The van der Waals surface area contributed by atoms with E-state index in [-0.39, 0.29) is 12.8 Å². The second kappa shape index (κ2) is 14.3. The second-order valence-corrected chi connectivity index (χ2v) is 16.6. The van der Waals surface area contributed by atoms with Crippen molar-refractivity contribution in [2.75, 3.05) is 0 Å². The fraction of sp³-hybridized carbons (Fsp3) is 0.0500. The lowest BCUT2D eigenvalue weighted by Gasteiger charge is -2.30. The van der Waals surface area contributed by atoms with Crippen LogP contribution in [-0.4, -0.2) is 15.0 Å². The van der Waals surface area contributed by atoms with Gasteiger partial charge in [-0.1, -0.05) is 208 Å². The Balaban J connectivity index is 0.00000421. The van der Waals surface area contributed by atoms with Crippen LogP contribution in [0.25, 0.3) is 89.8 Å². The summed E-state index contributed by atoms with van der Waals surface area (Å²) in [4.78, 5) is 15.0. The molecule has 1 heterocycles. The van der Waals surface area contributed by atoms with Crippen LogP contribution < -0.4 is 0 Å². The average Bonchev–Trinajstić information content (AvgIpc) is 3.99. The van der Waals surface area contributed by atoms with E-state index in [9.17, 15) is 0 Å². The van der Waals surface area contributed by atoms with Crippen LogP contribution in [0.4, 0.5) is 0 Å². The molecule has 296 valence electrons. The zero-order valence-electron chi connectivity index (χ0n) is 33.8. The highest BCUT2D eigenvalue weighted by Gasteiger charge is 2.51. The molecule has 0 aliphatic heterocycles. The first kappa shape index (κ1) is 36.8. The molecule has 1 aromatic heterocycles. The van der Waals surface area contributed by atoms with Gasteiger partial charge in [0.25, 0.3) is 0 Å². The minimum Gasteiger partial charge on any atom is -0.208 e. The fourth-order valence-electron chi connectivity index (χ4n) is 10.8. The molecular formula is C60H41N3. The quantitative estimate of drug-likeness (QED) is 0.174. The summed E-state index contributed by atoms with van der Waals surface area (Å²) in [6, 6.07) is 77.1. The highest BCUT2D eigenvalue weighted by Crippen LogP contribution is 2.63. The Hall–Kier alpha value is -8.01. The van der Waals surface area contributed by atoms with Gasteiger partial charge in [-0.25, -0.2) is 15.0 Å². The third kappa shape index (κ3) is 5.43. The van der Waals surface area contributed by atoms with E-state index in [0.717, 1.165) is 28.7 Å². The first-order valence-corrected chi connectivity index (χ1v) is 21.4. The molecule has 0 saturated carbocycles. The maximum absolute atomic E-state index is 5.05. The van der Waals surface area contributed by atoms with Crippen LogP contribution in [0.15, 0.2) is 212 Å². The Morgan fingerprint density at radius 2 is 0.635 bits per heavy atom. The molecule has 0 bridgehead atoms. The largest absolute Gasteiger partial charge is 0.208 e. The van der Waals surface area contributed by atoms with Crippen molar-refractivity contribution in [3.05, 3.63) is 246 Å². The van der Waals surface area contributed by atoms with Crippen LogP contribution in [0.3, 0.4) is 0 Å². The van der Waals surface area contributed by atoms with E-state index in [4.69, 9.17) is 15.0 Å². The number of fused-ring (bicyclic) bond motifs is 13. The zero-order chi connectivity index (χ0) is 40.8. The minimum absolute atomic E-state index is 0. The number of nitrogens with zero attached hydrogens (tertiary/aromatic N) is 3. The van der Waals surface area contributed by atoms with Crippen molar-refractivity contribution in [1.82, 2.24) is 15.0 Å². The van der Waals surface area contributed by atoms with Gasteiger partial charge in [-0.05, 0) is 108 Å². The van der Waals surface area contributed by atoms with Crippen molar-refractivity contribution in [1.29, 1.82) is 0 Å². The van der Waals surface area contributed by atoms with E-state index in [1.165, 1.54) is 83.5 Å². The summed E-state index contributed by atoms with van der Waals surface area (Å²) in [5.74, 6) is 1.97. The molecule has 0 unspecified atom stereocenters. The van der Waals surface area contributed by atoms with Crippen LogP contribution in [0.2, 0.25) is 0 Å². The van der Waals surface area contributed by atoms with Gasteiger partial charge < -0.3 is 0 Å². The molecule has 0 atom stereocenters. The standard InChI is InChI=1S/C59H37N3.CH4/c1-3-16-37(17-4-1)56-60-57(38-18-5-2-6-19-38)62-58(61-56)41-21-13-20-39(34-41)42-25-14-27-44-45-28-15-26-43(51(45)36-50(42)44)40-32-33-49-48-24-9-12-31-54(48)59(55(49)35-40)52-29-10-7-22-46(52)47-23-8-11-30-53(47)59;/h1-35H,36H2;1H4. The van der Waals surface area contributed by atoms with E-state index in [1.807, 2.05) is 36.4 Å². The summed E-state index contributed by atoms with van der Waals surface area (Å²) in [5.41, 5.74) is 23.5. The van der Waals surface area contributed by atoms with Crippen molar-refractivity contribution in [2.45, 2.75) is 19.3 Å². The molecule has 1 spiro atoms. The lowest BCUT2D eigenvalue weighted by molar-refractivity contribution is 0.794. The van der Waals surface area contributed by atoms with Gasteiger partial charge in [0.05, 0.1) is 5.41 Å². The highest BCUT2D eigenvalue weighted by molar-refractivity contribution is 5.97. The Kier molecular flexibility index (Phi) is 8.35. The van der Waals surface area contributed by atoms with E-state index < -0.39 is 0 Å². The number of hydrogen-bond acceptors (Lipinski definition) is 3. The molecule has 3 aliphatic carbocycles. The van der Waals surface area contributed by atoms with E-state index >= 15 is 0 Å². The SMILES string of the molecule is C.c1ccc(-c2nc(-c3ccccc3)nc(-c3cccc(-c4cccc5c4Cc4c(-c6ccc7c(c6)C6(c8ccccc8-c8ccccc86)c6ccccc6-7)cccc4-5)c3)n2)cc1. The molecule has 0 fully saturated rings. The lowest BCUT2D eigenvalue weighted by Crippen LogP contribution is -2.25. The van der Waals surface area contributed by atoms with E-state index in [0.29, 0.717) is 17.5 Å². The van der Waals surface area contributed by atoms with Gasteiger partial charge in [0.15, 0.2) is 17.5 Å². The third-order valence-corrected chi connectivity index (χ3v) is 13.4. The van der Waals surface area contributed by atoms with Crippen LogP contribution in [0.1, 0.15) is 40.8 Å². The van der Waals surface area contributed by atoms with Gasteiger partial charge in [0.1, 0.15) is 0 Å².